The number of piperidine rings is 1. The predicted molar refractivity (Wildman–Crippen MR) is 222 cm³/mol. The quantitative estimate of drug-likeness (QED) is 0.0639. The van der Waals surface area contributed by atoms with Crippen molar-refractivity contribution < 1.29 is 33.8 Å². The summed E-state index contributed by atoms with van der Waals surface area (Å²) < 4.78 is 13.1. The van der Waals surface area contributed by atoms with Crippen LogP contribution < -0.4 is 26.2 Å². The number of phenolic OH excluding ortho intramolecular Hbond substituents is 1. The molecule has 13 heteroatoms. The van der Waals surface area contributed by atoms with E-state index in [-0.39, 0.29) is 41.8 Å². The molecule has 0 spiro atoms. The molecule has 0 aliphatic carbocycles. The monoisotopic (exact) mass is 826 g/mol. The lowest BCUT2D eigenvalue weighted by molar-refractivity contribution is -0.896. The van der Waals surface area contributed by atoms with Crippen molar-refractivity contribution >= 4 is 50.2 Å². The summed E-state index contributed by atoms with van der Waals surface area (Å²) in [5, 5.41) is 30.9. The van der Waals surface area contributed by atoms with Gasteiger partial charge in [-0.3, -0.25) is 14.9 Å². The number of aliphatic hydroxyl groups is 1. The highest BCUT2D eigenvalue weighted by Gasteiger charge is 2.28. The first kappa shape index (κ1) is 40.5. The zero-order valence-corrected chi connectivity index (χ0v) is 33.4. The Bertz CT molecular complexity index is 2230. The van der Waals surface area contributed by atoms with Crippen LogP contribution in [0.1, 0.15) is 48.5 Å². The zero-order valence-electron chi connectivity index (χ0n) is 31.9. The van der Waals surface area contributed by atoms with E-state index < -0.39 is 12.2 Å². The highest BCUT2D eigenvalue weighted by Crippen LogP contribution is 2.33. The number of aryl methyl sites for hydroxylation is 1. The number of rotatable bonds is 14. The van der Waals surface area contributed by atoms with Crippen LogP contribution >= 0.6 is 15.9 Å². The van der Waals surface area contributed by atoms with Gasteiger partial charge >= 0.3 is 6.09 Å². The van der Waals surface area contributed by atoms with Crippen molar-refractivity contribution in [1.82, 2.24) is 10.3 Å². The van der Waals surface area contributed by atoms with E-state index in [0.29, 0.717) is 51.9 Å². The number of quaternary nitrogens is 1. The molecule has 0 saturated carbocycles. The van der Waals surface area contributed by atoms with Crippen LogP contribution in [0.25, 0.3) is 22.0 Å². The van der Waals surface area contributed by atoms with E-state index in [0.717, 1.165) is 52.7 Å². The number of methoxy groups -OCH3 is 1. The van der Waals surface area contributed by atoms with Crippen molar-refractivity contribution in [2.24, 2.45) is 0 Å². The van der Waals surface area contributed by atoms with Crippen LogP contribution in [0.4, 0.5) is 16.2 Å². The number of benzene rings is 4. The number of pyridine rings is 1. The number of hydrogen-bond acceptors (Lipinski definition) is 8. The molecule has 0 unspecified atom stereocenters. The van der Waals surface area contributed by atoms with Gasteiger partial charge in [0.05, 0.1) is 57.3 Å². The number of ether oxygens (including phenoxy) is 2. The van der Waals surface area contributed by atoms with Gasteiger partial charge in [0.2, 0.25) is 11.5 Å². The van der Waals surface area contributed by atoms with Crippen molar-refractivity contribution in [3.63, 3.8) is 0 Å². The van der Waals surface area contributed by atoms with Crippen LogP contribution in [0, 0.1) is 0 Å². The first-order valence-corrected chi connectivity index (χ1v) is 19.6. The molecule has 2 amide bonds. The number of fused-ring (bicyclic) bond motifs is 1. The Hall–Kier alpha value is -5.21. The Morgan fingerprint density at radius 2 is 1.73 bits per heavy atom. The smallest absolute Gasteiger partial charge is 0.411 e. The van der Waals surface area contributed by atoms with E-state index in [1.54, 1.807) is 25.3 Å². The van der Waals surface area contributed by atoms with Crippen LogP contribution in [0.5, 0.6) is 11.5 Å². The van der Waals surface area contributed by atoms with Gasteiger partial charge in [-0.05, 0) is 69.7 Å². The number of likely N-dealkylation sites (tertiary alicyclic amines) is 1. The number of aromatic amines is 1. The van der Waals surface area contributed by atoms with Crippen LogP contribution in [-0.2, 0) is 22.5 Å². The molecule has 5 aromatic rings. The molecule has 1 saturated heterocycles. The van der Waals surface area contributed by atoms with Crippen LogP contribution in [0.3, 0.4) is 0 Å². The number of hydrogen-bond donors (Lipinski definition) is 6. The summed E-state index contributed by atoms with van der Waals surface area (Å²) in [5.41, 5.74) is 5.39. The molecule has 0 bridgehead atoms. The molecular weight excluding hydrogens is 778 g/mol. The molecule has 4 aromatic carbocycles. The molecule has 294 valence electrons. The molecule has 1 aliphatic heterocycles. The SMILES string of the molecule is COc1cc(NC(=O)CCCc2ccc(-c3ccccc3)c(NC(=O)OC3CC[N+](C)(C)CC3)c2)c(Br)cc1CNC[C@H](O)c1ccc(O)c2[nH]c(=O)ccc12. The number of anilines is 2. The fourth-order valence-corrected chi connectivity index (χ4v) is 7.55. The second-order valence-corrected chi connectivity index (χ2v) is 15.7. The predicted octanol–water partition coefficient (Wildman–Crippen LogP) is 7.24. The van der Waals surface area contributed by atoms with E-state index in [4.69, 9.17) is 9.47 Å². The number of nitrogens with zero attached hydrogens (tertiary/aromatic N) is 1. The average molecular weight is 828 g/mol. The molecule has 6 rings (SSSR count). The first-order chi connectivity index (χ1) is 26.9. The Morgan fingerprint density at radius 3 is 2.48 bits per heavy atom. The van der Waals surface area contributed by atoms with Gasteiger partial charge in [0.1, 0.15) is 17.6 Å². The summed E-state index contributed by atoms with van der Waals surface area (Å²) in [4.78, 5) is 40.6. The molecule has 0 radical (unpaired) electrons. The normalized spacial score (nSPS) is 14.6. The average Bonchev–Trinajstić information content (AvgIpc) is 3.17. The van der Waals surface area contributed by atoms with Crippen molar-refractivity contribution in [3.05, 3.63) is 116 Å². The number of aromatic hydroxyl groups is 1. The Morgan fingerprint density at radius 1 is 0.964 bits per heavy atom. The van der Waals surface area contributed by atoms with E-state index in [1.807, 2.05) is 54.6 Å². The van der Waals surface area contributed by atoms with Gasteiger partial charge in [0, 0.05) is 65.5 Å². The van der Waals surface area contributed by atoms with Gasteiger partial charge < -0.3 is 39.8 Å². The Balaban J connectivity index is 1.03. The number of phenols is 1. The van der Waals surface area contributed by atoms with Crippen molar-refractivity contribution in [3.8, 4) is 22.6 Å². The van der Waals surface area contributed by atoms with Crippen molar-refractivity contribution in [2.75, 3.05) is 51.5 Å². The number of aliphatic hydroxyl groups excluding tert-OH is 1. The van der Waals surface area contributed by atoms with E-state index in [9.17, 15) is 24.6 Å². The number of carbonyl (C=O) groups excluding carboxylic acids is 2. The van der Waals surface area contributed by atoms with E-state index in [2.05, 4.69) is 51.0 Å². The van der Waals surface area contributed by atoms with Gasteiger partial charge in [0.25, 0.3) is 0 Å². The van der Waals surface area contributed by atoms with E-state index in [1.165, 1.54) is 12.1 Å². The number of aromatic nitrogens is 1. The zero-order chi connectivity index (χ0) is 39.8. The summed E-state index contributed by atoms with van der Waals surface area (Å²) in [6.07, 6.45) is 1.66. The summed E-state index contributed by atoms with van der Waals surface area (Å²) in [7, 11) is 5.94. The summed E-state index contributed by atoms with van der Waals surface area (Å²) in [6, 6.07) is 25.5. The lowest BCUT2D eigenvalue weighted by Crippen LogP contribution is -2.48. The number of H-pyrrole nitrogens is 1. The lowest BCUT2D eigenvalue weighted by atomic mass is 9.99. The molecule has 1 fully saturated rings. The molecule has 12 nitrogen and oxygen atoms in total. The lowest BCUT2D eigenvalue weighted by Gasteiger charge is -2.36. The van der Waals surface area contributed by atoms with E-state index >= 15 is 0 Å². The number of carbonyl (C=O) groups is 2. The topological polar surface area (TPSA) is 162 Å². The standard InChI is InChI=1S/C43H48BrN5O7/c1-49(2)20-18-30(19-21-49)56-43(54)47-35-22-27(12-13-31(35)28-9-5-4-6-10-28)8-7-11-40(52)46-36-24-39(55-3)29(23-34(36)44)25-45-26-38(51)32-14-16-37(50)42-33(32)15-17-41(53)48-42/h4-6,9-10,12-17,22-24,30,38,45,51H,7-8,11,18-21,25-26H2,1-3H3,(H3-,46,47,48,50,52,53,54)/p+1/t38-/m0/s1. The van der Waals surface area contributed by atoms with Gasteiger partial charge in [-0.2, -0.15) is 0 Å². The Kier molecular flexibility index (Phi) is 13.1. The largest absolute Gasteiger partial charge is 0.506 e. The molecule has 56 heavy (non-hydrogen) atoms. The highest BCUT2D eigenvalue weighted by molar-refractivity contribution is 9.10. The molecule has 1 aliphatic rings. The van der Waals surface area contributed by atoms with Crippen LogP contribution in [0.2, 0.25) is 0 Å². The second-order valence-electron chi connectivity index (χ2n) is 14.8. The molecule has 2 heterocycles. The summed E-state index contributed by atoms with van der Waals surface area (Å²) in [5.74, 6) is 0.334. The maximum atomic E-state index is 13.1. The number of amides is 2. The minimum Gasteiger partial charge on any atom is -0.506 e. The minimum absolute atomic E-state index is 0.0718. The first-order valence-electron chi connectivity index (χ1n) is 18.8. The van der Waals surface area contributed by atoms with Crippen molar-refractivity contribution in [2.45, 2.75) is 50.9 Å². The summed E-state index contributed by atoms with van der Waals surface area (Å²) >= 11 is 3.59. The third kappa shape index (κ3) is 10.3. The third-order valence-electron chi connectivity index (χ3n) is 10.2. The molecule has 6 N–H and O–H groups in total. The third-order valence-corrected chi connectivity index (χ3v) is 10.9. The second kappa shape index (κ2) is 18.2. The molecule has 1 atom stereocenters. The van der Waals surface area contributed by atoms with Gasteiger partial charge in [0.15, 0.2) is 0 Å². The van der Waals surface area contributed by atoms with Gasteiger partial charge in [-0.15, -0.1) is 0 Å². The van der Waals surface area contributed by atoms with Crippen molar-refractivity contribution in [1.29, 1.82) is 0 Å². The maximum absolute atomic E-state index is 13.1. The number of halogens is 1. The maximum Gasteiger partial charge on any atom is 0.411 e. The van der Waals surface area contributed by atoms with Gasteiger partial charge in [-0.25, -0.2) is 4.79 Å². The fraction of sp³-hybridized carbons (Fsp3) is 0.326. The highest BCUT2D eigenvalue weighted by atomic mass is 79.9. The van der Waals surface area contributed by atoms with Crippen LogP contribution in [0.15, 0.2) is 94.2 Å². The molecule has 1 aromatic heterocycles. The fourth-order valence-electron chi connectivity index (χ4n) is 7.06. The Labute approximate surface area is 334 Å². The molecular formula is C43H49BrN5O7+. The van der Waals surface area contributed by atoms with Gasteiger partial charge in [-0.1, -0.05) is 48.5 Å². The minimum atomic E-state index is -0.920. The van der Waals surface area contributed by atoms with Crippen LogP contribution in [-0.4, -0.2) is 78.6 Å². The summed E-state index contributed by atoms with van der Waals surface area (Å²) in [6.45, 7) is 2.47. The number of nitrogens with one attached hydrogen (secondary N) is 4.